The van der Waals surface area contributed by atoms with Crippen LogP contribution in [-0.4, -0.2) is 15.9 Å². The minimum absolute atomic E-state index is 0.0592. The molecule has 1 aliphatic carbocycles. The van der Waals surface area contributed by atoms with Crippen LogP contribution in [0.25, 0.3) is 22.5 Å². The SMILES string of the molecule is O=C(Nc1nc(-c2ccc3c(c2)CCC3)cs1)c1ccc(-c2ccccc2)[nH]c1=O. The van der Waals surface area contributed by atoms with Crippen molar-refractivity contribution in [2.24, 2.45) is 0 Å². The molecule has 148 valence electrons. The van der Waals surface area contributed by atoms with Gasteiger partial charge < -0.3 is 4.98 Å². The van der Waals surface area contributed by atoms with Crippen LogP contribution in [0, 0.1) is 0 Å². The number of carbonyl (C=O) groups is 1. The number of benzene rings is 2. The molecular formula is C24H19N3O2S. The molecule has 0 radical (unpaired) electrons. The van der Waals surface area contributed by atoms with Gasteiger partial charge in [-0.15, -0.1) is 11.3 Å². The Labute approximate surface area is 177 Å². The first-order valence-electron chi connectivity index (χ1n) is 9.85. The van der Waals surface area contributed by atoms with Crippen molar-refractivity contribution in [2.75, 3.05) is 5.32 Å². The summed E-state index contributed by atoms with van der Waals surface area (Å²) in [5.41, 5.74) is 5.88. The highest BCUT2D eigenvalue weighted by atomic mass is 32.1. The van der Waals surface area contributed by atoms with Crippen LogP contribution in [0.2, 0.25) is 0 Å². The van der Waals surface area contributed by atoms with E-state index in [0.29, 0.717) is 10.8 Å². The molecule has 0 atom stereocenters. The van der Waals surface area contributed by atoms with Gasteiger partial charge in [0.05, 0.1) is 5.69 Å². The maximum atomic E-state index is 12.6. The van der Waals surface area contributed by atoms with Crippen molar-refractivity contribution >= 4 is 22.4 Å². The van der Waals surface area contributed by atoms with Gasteiger partial charge in [0.1, 0.15) is 5.56 Å². The van der Waals surface area contributed by atoms with Gasteiger partial charge in [0.25, 0.3) is 11.5 Å². The number of carbonyl (C=O) groups excluding carboxylic acids is 1. The van der Waals surface area contributed by atoms with Crippen molar-refractivity contribution in [3.8, 4) is 22.5 Å². The zero-order valence-electron chi connectivity index (χ0n) is 16.1. The molecule has 2 aromatic carbocycles. The summed E-state index contributed by atoms with van der Waals surface area (Å²) in [6.07, 6.45) is 3.46. The summed E-state index contributed by atoms with van der Waals surface area (Å²) >= 11 is 1.35. The Kier molecular flexibility index (Phi) is 4.77. The van der Waals surface area contributed by atoms with E-state index in [9.17, 15) is 9.59 Å². The molecule has 0 saturated heterocycles. The van der Waals surface area contributed by atoms with Crippen LogP contribution < -0.4 is 10.9 Å². The van der Waals surface area contributed by atoms with Gasteiger partial charge in [0.2, 0.25) is 0 Å². The highest BCUT2D eigenvalue weighted by Crippen LogP contribution is 2.30. The normalized spacial score (nSPS) is 12.5. The molecular weight excluding hydrogens is 394 g/mol. The van der Waals surface area contributed by atoms with Crippen LogP contribution in [0.15, 0.2) is 70.8 Å². The molecule has 0 fully saturated rings. The standard InChI is InChI=1S/C24H19N3O2S/c28-22-19(11-12-20(25-22)16-5-2-1-3-6-16)23(29)27-24-26-21(14-30-24)18-10-9-15-7-4-8-17(15)13-18/h1-3,5-6,9-14H,4,7-8H2,(H,25,28)(H,26,27,29). The molecule has 2 aromatic heterocycles. The number of hydrogen-bond donors (Lipinski definition) is 2. The van der Waals surface area contributed by atoms with E-state index in [1.165, 1.54) is 28.9 Å². The van der Waals surface area contributed by atoms with Crippen LogP contribution in [0.5, 0.6) is 0 Å². The highest BCUT2D eigenvalue weighted by molar-refractivity contribution is 7.14. The number of hydrogen-bond acceptors (Lipinski definition) is 4. The van der Waals surface area contributed by atoms with Crippen LogP contribution in [-0.2, 0) is 12.8 Å². The molecule has 0 bridgehead atoms. The lowest BCUT2D eigenvalue weighted by Gasteiger charge is -2.04. The fourth-order valence-electron chi connectivity index (χ4n) is 3.80. The first-order chi connectivity index (χ1) is 14.7. The van der Waals surface area contributed by atoms with Gasteiger partial charge in [-0.1, -0.05) is 42.5 Å². The summed E-state index contributed by atoms with van der Waals surface area (Å²) in [7, 11) is 0. The molecule has 30 heavy (non-hydrogen) atoms. The van der Waals surface area contributed by atoms with Gasteiger partial charge in [0, 0.05) is 16.6 Å². The average Bonchev–Trinajstić information content (AvgIpc) is 3.43. The van der Waals surface area contributed by atoms with Gasteiger partial charge in [-0.25, -0.2) is 4.98 Å². The summed E-state index contributed by atoms with van der Waals surface area (Å²) in [5.74, 6) is -0.467. The number of aryl methyl sites for hydroxylation is 2. The lowest BCUT2D eigenvalue weighted by Crippen LogP contribution is -2.23. The van der Waals surface area contributed by atoms with Crippen molar-refractivity contribution in [1.82, 2.24) is 9.97 Å². The summed E-state index contributed by atoms with van der Waals surface area (Å²) in [6.45, 7) is 0. The van der Waals surface area contributed by atoms with Gasteiger partial charge in [0.15, 0.2) is 5.13 Å². The van der Waals surface area contributed by atoms with Gasteiger partial charge in [-0.05, 0) is 54.2 Å². The summed E-state index contributed by atoms with van der Waals surface area (Å²) in [6, 6.07) is 19.2. The van der Waals surface area contributed by atoms with E-state index >= 15 is 0 Å². The lowest BCUT2D eigenvalue weighted by atomic mass is 10.1. The van der Waals surface area contributed by atoms with Crippen LogP contribution >= 0.6 is 11.3 Å². The van der Waals surface area contributed by atoms with Gasteiger partial charge in [-0.2, -0.15) is 0 Å². The minimum atomic E-state index is -0.467. The van der Waals surface area contributed by atoms with E-state index in [2.05, 4.69) is 33.5 Å². The van der Waals surface area contributed by atoms with Crippen molar-refractivity contribution in [3.05, 3.63) is 93.1 Å². The maximum absolute atomic E-state index is 12.6. The molecule has 2 N–H and O–H groups in total. The Morgan fingerprint density at radius 1 is 0.967 bits per heavy atom. The minimum Gasteiger partial charge on any atom is -0.321 e. The third-order valence-electron chi connectivity index (χ3n) is 5.36. The number of H-pyrrole nitrogens is 1. The Morgan fingerprint density at radius 2 is 1.80 bits per heavy atom. The van der Waals surface area contributed by atoms with E-state index in [1.54, 1.807) is 12.1 Å². The number of nitrogens with one attached hydrogen (secondary N) is 2. The summed E-state index contributed by atoms with van der Waals surface area (Å²) < 4.78 is 0. The van der Waals surface area contributed by atoms with Crippen LogP contribution in [0.3, 0.4) is 0 Å². The van der Waals surface area contributed by atoms with Gasteiger partial charge >= 0.3 is 0 Å². The third kappa shape index (κ3) is 3.57. The first-order valence-corrected chi connectivity index (χ1v) is 10.7. The quantitative estimate of drug-likeness (QED) is 0.499. The largest absolute Gasteiger partial charge is 0.321 e. The Balaban J connectivity index is 1.34. The van der Waals surface area contributed by atoms with Crippen molar-refractivity contribution in [1.29, 1.82) is 0 Å². The predicted molar refractivity (Wildman–Crippen MR) is 120 cm³/mol. The molecule has 0 aliphatic heterocycles. The predicted octanol–water partition coefficient (Wildman–Crippen LogP) is 4.91. The first kappa shape index (κ1) is 18.5. The molecule has 2 heterocycles. The summed E-state index contributed by atoms with van der Waals surface area (Å²) in [5, 5.41) is 5.15. The number of anilines is 1. The molecule has 0 saturated carbocycles. The maximum Gasteiger partial charge on any atom is 0.263 e. The second-order valence-corrected chi connectivity index (χ2v) is 8.17. The number of aromatic amines is 1. The molecule has 0 spiro atoms. The monoisotopic (exact) mass is 413 g/mol. The van der Waals surface area contributed by atoms with Crippen molar-refractivity contribution in [2.45, 2.75) is 19.3 Å². The molecule has 0 unspecified atom stereocenters. The van der Waals surface area contributed by atoms with Gasteiger partial charge in [-0.3, -0.25) is 14.9 Å². The van der Waals surface area contributed by atoms with E-state index < -0.39 is 11.5 Å². The smallest absolute Gasteiger partial charge is 0.263 e. The molecule has 5 rings (SSSR count). The third-order valence-corrected chi connectivity index (χ3v) is 6.12. The Hall–Kier alpha value is -3.51. The fourth-order valence-corrected chi connectivity index (χ4v) is 4.51. The fraction of sp³-hybridized carbons (Fsp3) is 0.125. The van der Waals surface area contributed by atoms with E-state index in [1.807, 2.05) is 35.7 Å². The number of fused-ring (bicyclic) bond motifs is 1. The topological polar surface area (TPSA) is 74.8 Å². The lowest BCUT2D eigenvalue weighted by molar-refractivity contribution is 0.102. The van der Waals surface area contributed by atoms with Crippen LogP contribution in [0.1, 0.15) is 27.9 Å². The number of pyridine rings is 1. The molecule has 4 aromatic rings. The number of nitrogens with zero attached hydrogens (tertiary/aromatic N) is 1. The molecule has 1 aliphatic rings. The van der Waals surface area contributed by atoms with Crippen molar-refractivity contribution in [3.63, 3.8) is 0 Å². The molecule has 6 heteroatoms. The number of rotatable bonds is 4. The average molecular weight is 414 g/mol. The van der Waals surface area contributed by atoms with Crippen molar-refractivity contribution < 1.29 is 4.79 Å². The zero-order chi connectivity index (χ0) is 20.5. The number of aromatic nitrogens is 2. The van der Waals surface area contributed by atoms with E-state index in [-0.39, 0.29) is 5.56 Å². The number of thiazole rings is 1. The highest BCUT2D eigenvalue weighted by Gasteiger charge is 2.16. The van der Waals surface area contributed by atoms with E-state index in [0.717, 1.165) is 29.7 Å². The number of amides is 1. The zero-order valence-corrected chi connectivity index (χ0v) is 17.0. The summed E-state index contributed by atoms with van der Waals surface area (Å²) in [4.78, 5) is 32.4. The van der Waals surface area contributed by atoms with E-state index in [4.69, 9.17) is 0 Å². The Morgan fingerprint density at radius 3 is 2.63 bits per heavy atom. The second kappa shape index (κ2) is 7.72. The molecule has 5 nitrogen and oxygen atoms in total. The van der Waals surface area contributed by atoms with Crippen LogP contribution in [0.4, 0.5) is 5.13 Å². The Bertz CT molecular complexity index is 1290. The molecule has 1 amide bonds. The second-order valence-electron chi connectivity index (χ2n) is 7.31.